The molecule has 0 fully saturated rings. The number of hydrogen-bond donors (Lipinski definition) is 2. The Balaban J connectivity index is 2.57. The van der Waals surface area contributed by atoms with Crippen molar-refractivity contribution in [1.29, 1.82) is 0 Å². The number of carbonyl (C=O) groups is 1. The molecule has 0 saturated heterocycles. The molecule has 0 aromatic heterocycles. The van der Waals surface area contributed by atoms with E-state index in [1.165, 1.54) is 51.4 Å². The Bertz CT molecular complexity index is 526. The van der Waals surface area contributed by atoms with Gasteiger partial charge in [-0.25, -0.2) is 0 Å². The monoisotopic (exact) mass is 376 g/mol. The summed E-state index contributed by atoms with van der Waals surface area (Å²) < 4.78 is 0. The maximum absolute atomic E-state index is 11.4. The van der Waals surface area contributed by atoms with Gasteiger partial charge in [-0.15, -0.1) is 0 Å². The van der Waals surface area contributed by atoms with Crippen LogP contribution in [-0.2, 0) is 17.6 Å². The van der Waals surface area contributed by atoms with Crippen molar-refractivity contribution in [2.75, 3.05) is 0 Å². The number of carboxylic acids is 1. The van der Waals surface area contributed by atoms with E-state index in [1.807, 2.05) is 26.0 Å². The SMILES string of the molecule is CCCCCCCCCCCC(CC(=O)O)c1cc(CC)c(O)c(CC)c1. The second-order valence-electron chi connectivity index (χ2n) is 7.81. The van der Waals surface area contributed by atoms with E-state index in [0.29, 0.717) is 5.75 Å². The fourth-order valence-corrected chi connectivity index (χ4v) is 3.86. The number of aryl methyl sites for hydroxylation is 2. The molecular weight excluding hydrogens is 336 g/mol. The van der Waals surface area contributed by atoms with Gasteiger partial charge in [-0.1, -0.05) is 90.7 Å². The van der Waals surface area contributed by atoms with Gasteiger partial charge in [0.05, 0.1) is 6.42 Å². The number of phenolic OH excluding ortho intramolecular Hbond substituents is 1. The molecule has 0 aliphatic rings. The third kappa shape index (κ3) is 8.81. The Morgan fingerprint density at radius 1 is 0.852 bits per heavy atom. The maximum Gasteiger partial charge on any atom is 0.303 e. The molecule has 2 N–H and O–H groups in total. The van der Waals surface area contributed by atoms with Crippen molar-refractivity contribution in [2.45, 2.75) is 110 Å². The average Bonchev–Trinajstić information content (AvgIpc) is 2.65. The summed E-state index contributed by atoms with van der Waals surface area (Å²) in [6.07, 6.45) is 14.1. The second-order valence-corrected chi connectivity index (χ2v) is 7.81. The fraction of sp³-hybridized carbons (Fsp3) is 0.708. The van der Waals surface area contributed by atoms with E-state index in [2.05, 4.69) is 6.92 Å². The standard InChI is InChI=1S/C24H40O3/c1-4-7-8-9-10-11-12-13-14-15-21(18-23(25)26)22-16-19(5-2)24(27)20(6-3)17-22/h16-17,21,27H,4-15,18H2,1-3H3,(H,25,26). The van der Waals surface area contributed by atoms with E-state index in [1.54, 1.807) is 0 Å². The molecule has 1 rings (SSSR count). The lowest BCUT2D eigenvalue weighted by atomic mass is 9.87. The van der Waals surface area contributed by atoms with Gasteiger partial charge in [0.25, 0.3) is 0 Å². The summed E-state index contributed by atoms with van der Waals surface area (Å²) in [4.78, 5) is 11.4. The predicted molar refractivity (Wildman–Crippen MR) is 114 cm³/mol. The maximum atomic E-state index is 11.4. The van der Waals surface area contributed by atoms with Crippen LogP contribution in [0, 0.1) is 0 Å². The number of carboxylic acid groups (broad SMARTS) is 1. The van der Waals surface area contributed by atoms with Crippen LogP contribution in [-0.4, -0.2) is 16.2 Å². The molecule has 0 aliphatic heterocycles. The zero-order valence-corrected chi connectivity index (χ0v) is 17.7. The van der Waals surface area contributed by atoms with E-state index >= 15 is 0 Å². The van der Waals surface area contributed by atoms with Gasteiger partial charge in [-0.3, -0.25) is 4.79 Å². The van der Waals surface area contributed by atoms with Crippen molar-refractivity contribution in [3.63, 3.8) is 0 Å². The first-order valence-electron chi connectivity index (χ1n) is 11.1. The van der Waals surface area contributed by atoms with Gasteiger partial charge in [0.2, 0.25) is 0 Å². The lowest BCUT2D eigenvalue weighted by Gasteiger charge is -2.19. The molecule has 154 valence electrons. The van der Waals surface area contributed by atoms with Gasteiger partial charge in [0.15, 0.2) is 0 Å². The Morgan fingerprint density at radius 3 is 1.78 bits per heavy atom. The number of phenols is 1. The Labute approximate surface area is 166 Å². The highest BCUT2D eigenvalue weighted by Gasteiger charge is 2.18. The van der Waals surface area contributed by atoms with E-state index in [-0.39, 0.29) is 12.3 Å². The lowest BCUT2D eigenvalue weighted by molar-refractivity contribution is -0.137. The smallest absolute Gasteiger partial charge is 0.303 e. The molecule has 1 unspecified atom stereocenters. The van der Waals surface area contributed by atoms with Gasteiger partial charge in [-0.2, -0.15) is 0 Å². The fourth-order valence-electron chi connectivity index (χ4n) is 3.86. The number of hydrogen-bond acceptors (Lipinski definition) is 2. The minimum absolute atomic E-state index is 0.0447. The van der Waals surface area contributed by atoms with Crippen molar-refractivity contribution >= 4 is 5.97 Å². The molecule has 0 saturated carbocycles. The van der Waals surface area contributed by atoms with Crippen LogP contribution in [0.4, 0.5) is 0 Å². The molecule has 0 amide bonds. The van der Waals surface area contributed by atoms with E-state index in [9.17, 15) is 15.0 Å². The predicted octanol–water partition coefficient (Wildman–Crippen LogP) is 7.00. The third-order valence-electron chi connectivity index (χ3n) is 5.60. The van der Waals surface area contributed by atoms with Crippen molar-refractivity contribution in [3.8, 4) is 5.75 Å². The Morgan fingerprint density at radius 2 is 1.33 bits per heavy atom. The minimum atomic E-state index is -0.736. The normalized spacial score (nSPS) is 12.3. The largest absolute Gasteiger partial charge is 0.507 e. The molecule has 0 radical (unpaired) electrons. The summed E-state index contributed by atoms with van der Waals surface area (Å²) in [5.74, 6) is -0.302. The zero-order valence-electron chi connectivity index (χ0n) is 17.7. The highest BCUT2D eigenvalue weighted by molar-refractivity contribution is 5.68. The van der Waals surface area contributed by atoms with E-state index in [4.69, 9.17) is 0 Å². The molecular formula is C24H40O3. The molecule has 3 heteroatoms. The summed E-state index contributed by atoms with van der Waals surface area (Å²) in [6.45, 7) is 6.31. The topological polar surface area (TPSA) is 57.5 Å². The molecule has 0 spiro atoms. The van der Waals surface area contributed by atoms with Crippen LogP contribution in [0.1, 0.15) is 114 Å². The number of unbranched alkanes of at least 4 members (excludes halogenated alkanes) is 8. The van der Waals surface area contributed by atoms with Crippen LogP contribution < -0.4 is 0 Å². The van der Waals surface area contributed by atoms with Gasteiger partial charge < -0.3 is 10.2 Å². The van der Waals surface area contributed by atoms with Crippen molar-refractivity contribution in [2.24, 2.45) is 0 Å². The molecule has 1 aromatic carbocycles. The first-order valence-corrected chi connectivity index (χ1v) is 11.1. The molecule has 1 aromatic rings. The number of rotatable bonds is 15. The Hall–Kier alpha value is -1.51. The molecule has 0 bridgehead atoms. The first-order chi connectivity index (χ1) is 13.0. The minimum Gasteiger partial charge on any atom is -0.507 e. The number of aromatic hydroxyl groups is 1. The third-order valence-corrected chi connectivity index (χ3v) is 5.60. The van der Waals surface area contributed by atoms with Crippen molar-refractivity contribution in [1.82, 2.24) is 0 Å². The lowest BCUT2D eigenvalue weighted by Crippen LogP contribution is -2.08. The van der Waals surface area contributed by atoms with Crippen LogP contribution in [0.15, 0.2) is 12.1 Å². The average molecular weight is 377 g/mol. The van der Waals surface area contributed by atoms with Crippen molar-refractivity contribution < 1.29 is 15.0 Å². The summed E-state index contributed by atoms with van der Waals surface area (Å²) >= 11 is 0. The van der Waals surface area contributed by atoms with Crippen LogP contribution in [0.5, 0.6) is 5.75 Å². The number of aliphatic carboxylic acids is 1. The second kappa shape index (κ2) is 13.6. The number of benzene rings is 1. The summed E-state index contributed by atoms with van der Waals surface area (Å²) in [5, 5.41) is 19.7. The van der Waals surface area contributed by atoms with E-state index in [0.717, 1.165) is 42.4 Å². The molecule has 0 heterocycles. The van der Waals surface area contributed by atoms with Crippen LogP contribution in [0.2, 0.25) is 0 Å². The molecule has 27 heavy (non-hydrogen) atoms. The van der Waals surface area contributed by atoms with Gasteiger partial charge in [0.1, 0.15) is 5.75 Å². The highest BCUT2D eigenvalue weighted by atomic mass is 16.4. The van der Waals surface area contributed by atoms with Crippen LogP contribution >= 0.6 is 0 Å². The summed E-state index contributed by atoms with van der Waals surface area (Å²) in [6, 6.07) is 4.05. The van der Waals surface area contributed by atoms with Crippen LogP contribution in [0.3, 0.4) is 0 Å². The Kier molecular flexibility index (Phi) is 11.9. The van der Waals surface area contributed by atoms with Gasteiger partial charge >= 0.3 is 5.97 Å². The van der Waals surface area contributed by atoms with Crippen molar-refractivity contribution in [3.05, 3.63) is 28.8 Å². The van der Waals surface area contributed by atoms with Crippen LogP contribution in [0.25, 0.3) is 0 Å². The van der Waals surface area contributed by atoms with Gasteiger partial charge in [0, 0.05) is 0 Å². The molecule has 3 nitrogen and oxygen atoms in total. The zero-order chi connectivity index (χ0) is 20.1. The van der Waals surface area contributed by atoms with Gasteiger partial charge in [-0.05, 0) is 41.9 Å². The molecule has 1 atom stereocenters. The summed E-state index contributed by atoms with van der Waals surface area (Å²) in [5.41, 5.74) is 2.96. The summed E-state index contributed by atoms with van der Waals surface area (Å²) in [7, 11) is 0. The highest BCUT2D eigenvalue weighted by Crippen LogP contribution is 2.33. The quantitative estimate of drug-likeness (QED) is 0.324. The molecule has 0 aliphatic carbocycles. The van der Waals surface area contributed by atoms with E-state index < -0.39 is 5.97 Å². The first kappa shape index (κ1) is 23.5.